The molecule has 0 unspecified atom stereocenters. The van der Waals surface area contributed by atoms with Crippen LogP contribution in [0, 0.1) is 12.7 Å². The lowest BCUT2D eigenvalue weighted by molar-refractivity contribution is 0.624. The van der Waals surface area contributed by atoms with Crippen LogP contribution in [0.1, 0.15) is 11.1 Å². The molecule has 0 saturated heterocycles. The fourth-order valence-corrected chi connectivity index (χ4v) is 2.70. The van der Waals surface area contributed by atoms with Crippen molar-refractivity contribution in [3.05, 3.63) is 76.8 Å². The number of nitrogens with zero attached hydrogens (tertiary/aromatic N) is 2. The molecule has 3 aromatic rings. The molecular weight excluding hydrogens is 359 g/mol. The van der Waals surface area contributed by atoms with Crippen LogP contribution in [-0.2, 0) is 6.54 Å². The number of hydrogen-bond acceptors (Lipinski definition) is 2. The molecular formula is C18H16ClFN4S. The molecule has 7 heteroatoms. The van der Waals surface area contributed by atoms with Gasteiger partial charge in [-0.05, 0) is 54.5 Å². The molecule has 0 atom stereocenters. The van der Waals surface area contributed by atoms with E-state index in [1.165, 1.54) is 12.1 Å². The molecule has 2 aromatic carbocycles. The van der Waals surface area contributed by atoms with E-state index in [-0.39, 0.29) is 5.82 Å². The van der Waals surface area contributed by atoms with Gasteiger partial charge in [0.1, 0.15) is 5.82 Å². The van der Waals surface area contributed by atoms with Crippen LogP contribution < -0.4 is 10.6 Å². The number of benzene rings is 2. The zero-order valence-electron chi connectivity index (χ0n) is 13.5. The van der Waals surface area contributed by atoms with Gasteiger partial charge in [0.25, 0.3) is 0 Å². The second kappa shape index (κ2) is 7.63. The second-order valence-electron chi connectivity index (χ2n) is 5.59. The minimum atomic E-state index is -0.251. The lowest BCUT2D eigenvalue weighted by Gasteiger charge is -2.11. The van der Waals surface area contributed by atoms with Crippen LogP contribution in [0.25, 0.3) is 0 Å². The van der Waals surface area contributed by atoms with Crippen molar-refractivity contribution >= 4 is 40.3 Å². The molecule has 0 aliphatic heterocycles. The average Bonchev–Trinajstić information content (AvgIpc) is 3.00. The Morgan fingerprint density at radius 3 is 2.72 bits per heavy atom. The number of rotatable bonds is 4. The van der Waals surface area contributed by atoms with Gasteiger partial charge in [0.2, 0.25) is 0 Å². The highest BCUT2D eigenvalue weighted by atomic mass is 35.5. The Labute approximate surface area is 155 Å². The average molecular weight is 375 g/mol. The van der Waals surface area contributed by atoms with Gasteiger partial charge in [-0.15, -0.1) is 0 Å². The van der Waals surface area contributed by atoms with Crippen molar-refractivity contribution in [2.75, 3.05) is 10.6 Å². The van der Waals surface area contributed by atoms with E-state index in [1.54, 1.807) is 23.0 Å². The standard InChI is InChI=1S/C18H16ClFN4S/c1-12-2-5-14(19)8-17(12)23-18(25)22-16-9-21-24(11-16)10-13-3-6-15(20)7-4-13/h2-9,11H,10H2,1H3,(H2,22,23,25). The Bertz CT molecular complexity index is 892. The molecule has 25 heavy (non-hydrogen) atoms. The minimum absolute atomic E-state index is 0.251. The molecule has 1 aromatic heterocycles. The molecule has 0 fully saturated rings. The maximum atomic E-state index is 12.9. The van der Waals surface area contributed by atoms with Crippen molar-refractivity contribution in [2.24, 2.45) is 0 Å². The Morgan fingerprint density at radius 2 is 1.96 bits per heavy atom. The molecule has 2 N–H and O–H groups in total. The summed E-state index contributed by atoms with van der Waals surface area (Å²) in [4.78, 5) is 0. The van der Waals surface area contributed by atoms with Crippen molar-refractivity contribution in [1.82, 2.24) is 9.78 Å². The Hall–Kier alpha value is -2.44. The number of aryl methyl sites for hydroxylation is 1. The summed E-state index contributed by atoms with van der Waals surface area (Å²) in [7, 11) is 0. The lowest BCUT2D eigenvalue weighted by atomic mass is 10.2. The first kappa shape index (κ1) is 17.4. The molecule has 0 amide bonds. The van der Waals surface area contributed by atoms with Crippen molar-refractivity contribution in [1.29, 1.82) is 0 Å². The summed E-state index contributed by atoms with van der Waals surface area (Å²) >= 11 is 11.3. The fraction of sp³-hybridized carbons (Fsp3) is 0.111. The molecule has 0 radical (unpaired) electrons. The first-order valence-electron chi connectivity index (χ1n) is 7.61. The highest BCUT2D eigenvalue weighted by molar-refractivity contribution is 7.80. The molecule has 0 aliphatic carbocycles. The normalized spacial score (nSPS) is 10.5. The third kappa shape index (κ3) is 4.78. The zero-order valence-corrected chi connectivity index (χ0v) is 15.0. The highest BCUT2D eigenvalue weighted by Crippen LogP contribution is 2.20. The zero-order chi connectivity index (χ0) is 17.8. The van der Waals surface area contributed by atoms with E-state index in [2.05, 4.69) is 15.7 Å². The Morgan fingerprint density at radius 1 is 1.20 bits per heavy atom. The number of halogens is 2. The monoisotopic (exact) mass is 374 g/mol. The van der Waals surface area contributed by atoms with Gasteiger partial charge < -0.3 is 10.6 Å². The topological polar surface area (TPSA) is 41.9 Å². The van der Waals surface area contributed by atoms with Gasteiger partial charge in [0, 0.05) is 16.9 Å². The van der Waals surface area contributed by atoms with Crippen LogP contribution in [-0.4, -0.2) is 14.9 Å². The number of anilines is 2. The predicted octanol–water partition coefficient (Wildman–Crippen LogP) is 4.84. The third-order valence-electron chi connectivity index (χ3n) is 3.60. The molecule has 0 spiro atoms. The summed E-state index contributed by atoms with van der Waals surface area (Å²) in [5, 5.41) is 11.6. The van der Waals surface area contributed by atoms with E-state index in [9.17, 15) is 4.39 Å². The molecule has 1 heterocycles. The van der Waals surface area contributed by atoms with Gasteiger partial charge in [0.15, 0.2) is 5.11 Å². The van der Waals surface area contributed by atoms with E-state index >= 15 is 0 Å². The van der Waals surface area contributed by atoms with Gasteiger partial charge in [-0.1, -0.05) is 29.8 Å². The fourth-order valence-electron chi connectivity index (χ4n) is 2.31. The Balaban J connectivity index is 1.61. The summed E-state index contributed by atoms with van der Waals surface area (Å²) in [6, 6.07) is 11.9. The van der Waals surface area contributed by atoms with E-state index in [1.807, 2.05) is 31.3 Å². The number of hydrogen-bond donors (Lipinski definition) is 2. The Kier molecular flexibility index (Phi) is 5.31. The van der Waals surface area contributed by atoms with Crippen LogP contribution in [0.4, 0.5) is 15.8 Å². The summed E-state index contributed by atoms with van der Waals surface area (Å²) in [5.41, 5.74) is 3.62. The SMILES string of the molecule is Cc1ccc(Cl)cc1NC(=S)Nc1cnn(Cc2ccc(F)cc2)c1. The van der Waals surface area contributed by atoms with Crippen LogP contribution in [0.2, 0.25) is 5.02 Å². The molecule has 0 aliphatic rings. The van der Waals surface area contributed by atoms with Gasteiger partial charge in [-0.2, -0.15) is 5.10 Å². The predicted molar refractivity (Wildman–Crippen MR) is 104 cm³/mol. The van der Waals surface area contributed by atoms with Crippen LogP contribution in [0.3, 0.4) is 0 Å². The van der Waals surface area contributed by atoms with Gasteiger partial charge in [-0.3, -0.25) is 4.68 Å². The quantitative estimate of drug-likeness (QED) is 0.641. The number of thiocarbonyl (C=S) groups is 1. The van der Waals surface area contributed by atoms with E-state index < -0.39 is 0 Å². The maximum Gasteiger partial charge on any atom is 0.175 e. The summed E-state index contributed by atoms with van der Waals surface area (Å²) in [5.74, 6) is -0.251. The van der Waals surface area contributed by atoms with Crippen molar-refractivity contribution < 1.29 is 4.39 Å². The van der Waals surface area contributed by atoms with E-state index in [0.29, 0.717) is 16.7 Å². The summed E-state index contributed by atoms with van der Waals surface area (Å²) < 4.78 is 14.7. The van der Waals surface area contributed by atoms with E-state index in [0.717, 1.165) is 22.5 Å². The van der Waals surface area contributed by atoms with Crippen LogP contribution in [0.15, 0.2) is 54.9 Å². The summed E-state index contributed by atoms with van der Waals surface area (Å²) in [6.45, 7) is 2.53. The number of nitrogens with one attached hydrogen (secondary N) is 2. The lowest BCUT2D eigenvalue weighted by Crippen LogP contribution is -2.19. The number of aromatic nitrogens is 2. The van der Waals surface area contributed by atoms with E-state index in [4.69, 9.17) is 23.8 Å². The largest absolute Gasteiger partial charge is 0.332 e. The van der Waals surface area contributed by atoms with Crippen LogP contribution >= 0.6 is 23.8 Å². The summed E-state index contributed by atoms with van der Waals surface area (Å²) in [6.07, 6.45) is 3.52. The molecule has 128 valence electrons. The third-order valence-corrected chi connectivity index (χ3v) is 4.04. The van der Waals surface area contributed by atoms with Crippen molar-refractivity contribution in [2.45, 2.75) is 13.5 Å². The smallest absolute Gasteiger partial charge is 0.175 e. The molecule has 0 saturated carbocycles. The molecule has 4 nitrogen and oxygen atoms in total. The molecule has 0 bridgehead atoms. The second-order valence-corrected chi connectivity index (χ2v) is 6.44. The van der Waals surface area contributed by atoms with Crippen molar-refractivity contribution in [3.8, 4) is 0 Å². The highest BCUT2D eigenvalue weighted by Gasteiger charge is 2.05. The van der Waals surface area contributed by atoms with Gasteiger partial charge in [0.05, 0.1) is 18.4 Å². The molecule has 3 rings (SSSR count). The first-order valence-corrected chi connectivity index (χ1v) is 8.39. The van der Waals surface area contributed by atoms with Gasteiger partial charge in [-0.25, -0.2) is 4.39 Å². The maximum absolute atomic E-state index is 12.9. The van der Waals surface area contributed by atoms with Crippen molar-refractivity contribution in [3.63, 3.8) is 0 Å². The minimum Gasteiger partial charge on any atom is -0.332 e. The van der Waals surface area contributed by atoms with Gasteiger partial charge >= 0.3 is 0 Å². The van der Waals surface area contributed by atoms with Crippen LogP contribution in [0.5, 0.6) is 0 Å². The first-order chi connectivity index (χ1) is 12.0.